The van der Waals surface area contributed by atoms with Gasteiger partial charge in [-0.2, -0.15) is 0 Å². The van der Waals surface area contributed by atoms with Gasteiger partial charge in [-0.3, -0.25) is 0 Å². The summed E-state index contributed by atoms with van der Waals surface area (Å²) in [5, 5.41) is 1.32. The molecular formula is C17H13N. The first-order valence-corrected chi connectivity index (χ1v) is 6.28. The van der Waals surface area contributed by atoms with Crippen molar-refractivity contribution in [2.24, 2.45) is 0 Å². The molecule has 0 aliphatic carbocycles. The first-order chi connectivity index (χ1) is 8.93. The molecule has 2 aromatic carbocycles. The van der Waals surface area contributed by atoms with Crippen LogP contribution in [-0.4, -0.2) is 4.57 Å². The van der Waals surface area contributed by atoms with Gasteiger partial charge in [0.2, 0.25) is 0 Å². The fraction of sp³-hybridized carbons (Fsp3) is 0.0588. The fourth-order valence-corrected chi connectivity index (χ4v) is 2.79. The van der Waals surface area contributed by atoms with Crippen molar-refractivity contribution in [3.05, 3.63) is 66.2 Å². The summed E-state index contributed by atoms with van der Waals surface area (Å²) in [7, 11) is 0. The predicted molar refractivity (Wildman–Crippen MR) is 76.4 cm³/mol. The van der Waals surface area contributed by atoms with Crippen molar-refractivity contribution in [3.8, 4) is 11.3 Å². The van der Waals surface area contributed by atoms with E-state index in [0.717, 1.165) is 6.54 Å². The Bertz CT molecular complexity index is 762. The third-order valence-corrected chi connectivity index (χ3v) is 3.63. The molecule has 1 heteroatoms. The highest BCUT2D eigenvalue weighted by molar-refractivity contribution is 5.89. The summed E-state index contributed by atoms with van der Waals surface area (Å²) in [6, 6.07) is 19.5. The molecule has 3 aromatic rings. The van der Waals surface area contributed by atoms with E-state index >= 15 is 0 Å². The number of hydrogen-bond acceptors (Lipinski definition) is 0. The molecule has 0 saturated carbocycles. The van der Waals surface area contributed by atoms with Gasteiger partial charge in [0, 0.05) is 28.7 Å². The lowest BCUT2D eigenvalue weighted by Gasteiger charge is -2.07. The van der Waals surface area contributed by atoms with Crippen LogP contribution >= 0.6 is 0 Å². The largest absolute Gasteiger partial charge is 0.337 e. The van der Waals surface area contributed by atoms with Crippen LogP contribution in [0.1, 0.15) is 5.56 Å². The van der Waals surface area contributed by atoms with Gasteiger partial charge in [-0.1, -0.05) is 54.6 Å². The van der Waals surface area contributed by atoms with Gasteiger partial charge in [0.05, 0.1) is 0 Å². The number of rotatable bonds is 0. The molecule has 1 nitrogen and oxygen atoms in total. The van der Waals surface area contributed by atoms with Crippen LogP contribution in [0.25, 0.3) is 28.2 Å². The minimum Gasteiger partial charge on any atom is -0.337 e. The number of benzene rings is 2. The molecule has 0 radical (unpaired) electrons. The van der Waals surface area contributed by atoms with Crippen LogP contribution in [0.15, 0.2) is 60.7 Å². The SMILES string of the molecule is C1=Cc2ccccc2-c2cc3ccccc3n2C1. The third-order valence-electron chi connectivity index (χ3n) is 3.63. The van der Waals surface area contributed by atoms with Gasteiger partial charge in [0.15, 0.2) is 0 Å². The Morgan fingerprint density at radius 2 is 1.72 bits per heavy atom. The minimum absolute atomic E-state index is 0.942. The average molecular weight is 231 g/mol. The second-order valence-electron chi connectivity index (χ2n) is 4.69. The van der Waals surface area contributed by atoms with Crippen molar-refractivity contribution in [2.45, 2.75) is 6.54 Å². The first-order valence-electron chi connectivity index (χ1n) is 6.28. The summed E-state index contributed by atoms with van der Waals surface area (Å²) >= 11 is 0. The average Bonchev–Trinajstić information content (AvgIpc) is 2.69. The topological polar surface area (TPSA) is 4.93 Å². The molecular weight excluding hydrogens is 218 g/mol. The predicted octanol–water partition coefficient (Wildman–Crippen LogP) is 4.34. The molecule has 0 bridgehead atoms. The second kappa shape index (κ2) is 3.61. The lowest BCUT2D eigenvalue weighted by atomic mass is 10.0. The summed E-state index contributed by atoms with van der Waals surface area (Å²) in [6.45, 7) is 0.942. The van der Waals surface area contributed by atoms with Crippen LogP contribution in [0, 0.1) is 0 Å². The summed E-state index contributed by atoms with van der Waals surface area (Å²) in [5.74, 6) is 0. The Morgan fingerprint density at radius 1 is 0.889 bits per heavy atom. The highest BCUT2D eigenvalue weighted by Gasteiger charge is 2.13. The van der Waals surface area contributed by atoms with E-state index in [1.54, 1.807) is 0 Å². The molecule has 0 amide bonds. The Kier molecular flexibility index (Phi) is 1.95. The summed E-state index contributed by atoms with van der Waals surface area (Å²) < 4.78 is 2.39. The van der Waals surface area contributed by atoms with Crippen molar-refractivity contribution < 1.29 is 0 Å². The molecule has 1 aliphatic heterocycles. The van der Waals surface area contributed by atoms with Gasteiger partial charge >= 0.3 is 0 Å². The quantitative estimate of drug-likeness (QED) is 0.542. The van der Waals surface area contributed by atoms with Crippen LogP contribution < -0.4 is 0 Å². The zero-order chi connectivity index (χ0) is 11.9. The molecule has 0 unspecified atom stereocenters. The van der Waals surface area contributed by atoms with Crippen LogP contribution in [0.3, 0.4) is 0 Å². The maximum Gasteiger partial charge on any atom is 0.0500 e. The molecule has 86 valence electrons. The van der Waals surface area contributed by atoms with Crippen molar-refractivity contribution in [1.29, 1.82) is 0 Å². The van der Waals surface area contributed by atoms with Gasteiger partial charge in [-0.05, 0) is 17.7 Å². The molecule has 0 N–H and O–H groups in total. The Hall–Kier alpha value is -2.28. The van der Waals surface area contributed by atoms with E-state index in [2.05, 4.69) is 71.3 Å². The highest BCUT2D eigenvalue weighted by Crippen LogP contribution is 2.32. The number of nitrogens with zero attached hydrogens (tertiary/aromatic N) is 1. The molecule has 4 rings (SSSR count). The Morgan fingerprint density at radius 3 is 2.72 bits per heavy atom. The lowest BCUT2D eigenvalue weighted by molar-refractivity contribution is 0.879. The number of hydrogen-bond donors (Lipinski definition) is 0. The van der Waals surface area contributed by atoms with E-state index in [1.807, 2.05) is 0 Å². The molecule has 18 heavy (non-hydrogen) atoms. The molecule has 2 heterocycles. The van der Waals surface area contributed by atoms with Crippen molar-refractivity contribution in [3.63, 3.8) is 0 Å². The van der Waals surface area contributed by atoms with Crippen LogP contribution in [0.2, 0.25) is 0 Å². The molecule has 1 aromatic heterocycles. The molecule has 0 spiro atoms. The number of allylic oxidation sites excluding steroid dienone is 1. The van der Waals surface area contributed by atoms with Crippen molar-refractivity contribution in [1.82, 2.24) is 4.57 Å². The maximum atomic E-state index is 2.39. The number of fused-ring (bicyclic) bond motifs is 5. The van der Waals surface area contributed by atoms with Crippen molar-refractivity contribution >= 4 is 17.0 Å². The van der Waals surface area contributed by atoms with Gasteiger partial charge in [-0.15, -0.1) is 0 Å². The maximum absolute atomic E-state index is 2.39. The van der Waals surface area contributed by atoms with Crippen molar-refractivity contribution in [2.75, 3.05) is 0 Å². The summed E-state index contributed by atoms with van der Waals surface area (Å²) in [5.41, 5.74) is 5.26. The monoisotopic (exact) mass is 231 g/mol. The van der Waals surface area contributed by atoms with Gasteiger partial charge in [0.1, 0.15) is 0 Å². The summed E-state index contributed by atoms with van der Waals surface area (Å²) in [6.07, 6.45) is 4.46. The first kappa shape index (κ1) is 9.72. The van der Waals surface area contributed by atoms with Gasteiger partial charge < -0.3 is 4.57 Å². The lowest BCUT2D eigenvalue weighted by Crippen LogP contribution is -1.95. The van der Waals surface area contributed by atoms with Gasteiger partial charge in [0.25, 0.3) is 0 Å². The smallest absolute Gasteiger partial charge is 0.0500 e. The fourth-order valence-electron chi connectivity index (χ4n) is 2.79. The van der Waals surface area contributed by atoms with E-state index in [-0.39, 0.29) is 0 Å². The molecule has 0 fully saturated rings. The van der Waals surface area contributed by atoms with E-state index in [4.69, 9.17) is 0 Å². The number of para-hydroxylation sites is 1. The third kappa shape index (κ3) is 1.28. The molecule has 1 aliphatic rings. The highest BCUT2D eigenvalue weighted by atomic mass is 15.0. The molecule has 0 atom stereocenters. The van der Waals surface area contributed by atoms with E-state index < -0.39 is 0 Å². The summed E-state index contributed by atoms with van der Waals surface area (Å²) in [4.78, 5) is 0. The standard InChI is InChI=1S/C17H13N/c1-3-9-15-13(6-1)8-5-11-18-16-10-4-2-7-14(16)12-17(15)18/h1-10,12H,11H2. The normalized spacial score (nSPS) is 13.1. The van der Waals surface area contributed by atoms with E-state index in [0.29, 0.717) is 0 Å². The zero-order valence-electron chi connectivity index (χ0n) is 10.0. The van der Waals surface area contributed by atoms with Crippen LogP contribution in [-0.2, 0) is 6.54 Å². The van der Waals surface area contributed by atoms with Crippen LogP contribution in [0.5, 0.6) is 0 Å². The second-order valence-corrected chi connectivity index (χ2v) is 4.69. The Labute approximate surface area is 106 Å². The van der Waals surface area contributed by atoms with E-state index in [9.17, 15) is 0 Å². The van der Waals surface area contributed by atoms with E-state index in [1.165, 1.54) is 27.7 Å². The minimum atomic E-state index is 0.942. The zero-order valence-corrected chi connectivity index (χ0v) is 10.0. The molecule has 0 saturated heterocycles. The number of aromatic nitrogens is 1. The van der Waals surface area contributed by atoms with Crippen LogP contribution in [0.4, 0.5) is 0 Å². The Balaban J connectivity index is 2.13. The van der Waals surface area contributed by atoms with Gasteiger partial charge in [-0.25, -0.2) is 0 Å².